The van der Waals surface area contributed by atoms with E-state index in [1.807, 2.05) is 67.6 Å². The van der Waals surface area contributed by atoms with Crippen molar-refractivity contribution >= 4 is 51.6 Å². The highest BCUT2D eigenvalue weighted by atomic mass is 127. The molecule has 0 unspecified atom stereocenters. The van der Waals surface area contributed by atoms with Crippen molar-refractivity contribution in [3.63, 3.8) is 0 Å². The van der Waals surface area contributed by atoms with Gasteiger partial charge in [-0.1, -0.05) is 48.5 Å². The Balaban J connectivity index is 1.42. The molecule has 180 valence electrons. The standard InChI is InChI=1S/C28H26INO4S/c1-2-33-25-17-22(12-15-24(25)34-19-21-10-13-23(29)14-11-21)18-26-27(31)30(28(32)35-26)16-6-9-20-7-4-3-5-8-20/h3-5,7-8,10-15,17-18H,2,6,9,16,19H2,1H3/b26-18+. The molecular weight excluding hydrogens is 573 g/mol. The molecule has 1 heterocycles. The molecular formula is C28H26INO4S. The van der Waals surface area contributed by atoms with Crippen molar-refractivity contribution in [2.45, 2.75) is 26.4 Å². The van der Waals surface area contributed by atoms with Gasteiger partial charge in [0.25, 0.3) is 11.1 Å². The minimum atomic E-state index is -0.245. The van der Waals surface area contributed by atoms with Crippen LogP contribution in [0.4, 0.5) is 4.79 Å². The van der Waals surface area contributed by atoms with Gasteiger partial charge in [-0.25, -0.2) is 0 Å². The van der Waals surface area contributed by atoms with Crippen LogP contribution in [0, 0.1) is 3.57 Å². The third kappa shape index (κ3) is 6.89. The van der Waals surface area contributed by atoms with Gasteiger partial charge in [0.1, 0.15) is 6.61 Å². The van der Waals surface area contributed by atoms with Crippen LogP contribution < -0.4 is 9.47 Å². The number of aryl methyl sites for hydroxylation is 1. The SMILES string of the molecule is CCOc1cc(/C=C2/SC(=O)N(CCCc3ccccc3)C2=O)ccc1OCc1ccc(I)cc1. The smallest absolute Gasteiger partial charge is 0.293 e. The van der Waals surface area contributed by atoms with E-state index in [1.165, 1.54) is 14.0 Å². The van der Waals surface area contributed by atoms with E-state index < -0.39 is 0 Å². The molecule has 1 fully saturated rings. The van der Waals surface area contributed by atoms with Crippen molar-refractivity contribution in [3.05, 3.63) is 98.0 Å². The van der Waals surface area contributed by atoms with Crippen LogP contribution in [0.2, 0.25) is 0 Å². The van der Waals surface area contributed by atoms with Gasteiger partial charge in [0, 0.05) is 10.1 Å². The monoisotopic (exact) mass is 599 g/mol. The van der Waals surface area contributed by atoms with Gasteiger partial charge in [0.2, 0.25) is 0 Å². The molecule has 0 saturated carbocycles. The molecule has 0 N–H and O–H groups in total. The first-order chi connectivity index (χ1) is 17.0. The summed E-state index contributed by atoms with van der Waals surface area (Å²) >= 11 is 3.25. The zero-order valence-corrected chi connectivity index (χ0v) is 22.4. The number of thioether (sulfide) groups is 1. The van der Waals surface area contributed by atoms with Gasteiger partial charge in [-0.3, -0.25) is 14.5 Å². The fourth-order valence-corrected chi connectivity index (χ4v) is 4.90. The normalized spacial score (nSPS) is 14.6. The predicted octanol–water partition coefficient (Wildman–Crippen LogP) is 6.94. The Morgan fingerprint density at radius 1 is 0.914 bits per heavy atom. The summed E-state index contributed by atoms with van der Waals surface area (Å²) in [6, 6.07) is 23.8. The van der Waals surface area contributed by atoms with Crippen LogP contribution in [0.15, 0.2) is 77.7 Å². The quantitative estimate of drug-likeness (QED) is 0.187. The summed E-state index contributed by atoms with van der Waals surface area (Å²) in [6.45, 7) is 3.24. The van der Waals surface area contributed by atoms with Crippen LogP contribution in [-0.4, -0.2) is 29.2 Å². The summed E-state index contributed by atoms with van der Waals surface area (Å²) in [7, 11) is 0. The lowest BCUT2D eigenvalue weighted by Gasteiger charge is -2.13. The van der Waals surface area contributed by atoms with Crippen LogP contribution in [0.5, 0.6) is 11.5 Å². The number of benzene rings is 3. The molecule has 5 nitrogen and oxygen atoms in total. The van der Waals surface area contributed by atoms with E-state index in [9.17, 15) is 9.59 Å². The topological polar surface area (TPSA) is 55.8 Å². The second kappa shape index (κ2) is 12.3. The van der Waals surface area contributed by atoms with Gasteiger partial charge in [0.15, 0.2) is 11.5 Å². The van der Waals surface area contributed by atoms with Crippen LogP contribution in [0.1, 0.15) is 30.0 Å². The van der Waals surface area contributed by atoms with Gasteiger partial charge in [-0.05, 0) is 101 Å². The molecule has 7 heteroatoms. The number of carbonyl (C=O) groups excluding carboxylic acids is 2. The number of hydrogen-bond donors (Lipinski definition) is 0. The summed E-state index contributed by atoms with van der Waals surface area (Å²) in [5, 5.41) is -0.225. The number of rotatable bonds is 10. The molecule has 0 radical (unpaired) electrons. The molecule has 1 aliphatic heterocycles. The lowest BCUT2D eigenvalue weighted by Crippen LogP contribution is -2.29. The Bertz CT molecular complexity index is 1210. The van der Waals surface area contributed by atoms with E-state index in [0.29, 0.717) is 36.2 Å². The summed E-state index contributed by atoms with van der Waals surface area (Å²) in [6.07, 6.45) is 3.30. The van der Waals surface area contributed by atoms with E-state index in [0.717, 1.165) is 35.7 Å². The number of imide groups is 1. The number of ether oxygens (including phenoxy) is 2. The summed E-state index contributed by atoms with van der Waals surface area (Å²) in [5.41, 5.74) is 3.05. The molecule has 3 aromatic carbocycles. The second-order valence-corrected chi connectivity index (χ2v) is 10.2. The highest BCUT2D eigenvalue weighted by Gasteiger charge is 2.34. The molecule has 0 aromatic heterocycles. The van der Waals surface area contributed by atoms with Gasteiger partial charge >= 0.3 is 0 Å². The Hall–Kier alpha value is -2.78. The molecule has 1 saturated heterocycles. The minimum absolute atomic E-state index is 0.225. The van der Waals surface area contributed by atoms with E-state index in [4.69, 9.17) is 9.47 Å². The molecule has 0 atom stereocenters. The van der Waals surface area contributed by atoms with Gasteiger partial charge in [-0.15, -0.1) is 0 Å². The van der Waals surface area contributed by atoms with Gasteiger partial charge in [-0.2, -0.15) is 0 Å². The van der Waals surface area contributed by atoms with Crippen LogP contribution in [-0.2, 0) is 17.8 Å². The first-order valence-corrected chi connectivity index (χ1v) is 13.4. The second-order valence-electron chi connectivity index (χ2n) is 7.98. The Morgan fingerprint density at radius 3 is 2.43 bits per heavy atom. The fourth-order valence-electron chi connectivity index (χ4n) is 3.67. The van der Waals surface area contributed by atoms with Crippen molar-refractivity contribution in [1.29, 1.82) is 0 Å². The lowest BCUT2D eigenvalue weighted by molar-refractivity contribution is -0.122. The largest absolute Gasteiger partial charge is 0.490 e. The average Bonchev–Trinajstić information content (AvgIpc) is 3.13. The van der Waals surface area contributed by atoms with Crippen molar-refractivity contribution in [3.8, 4) is 11.5 Å². The van der Waals surface area contributed by atoms with Crippen molar-refractivity contribution in [2.24, 2.45) is 0 Å². The van der Waals surface area contributed by atoms with E-state index in [-0.39, 0.29) is 11.1 Å². The van der Waals surface area contributed by atoms with Crippen molar-refractivity contribution in [1.82, 2.24) is 4.90 Å². The summed E-state index contributed by atoms with van der Waals surface area (Å²) in [4.78, 5) is 27.1. The number of amides is 2. The van der Waals surface area contributed by atoms with E-state index in [1.54, 1.807) is 6.08 Å². The number of halogens is 1. The highest BCUT2D eigenvalue weighted by Crippen LogP contribution is 2.35. The third-order valence-corrected chi connectivity index (χ3v) is 7.06. The van der Waals surface area contributed by atoms with Crippen molar-refractivity contribution < 1.29 is 19.1 Å². The molecule has 1 aliphatic rings. The predicted molar refractivity (Wildman–Crippen MR) is 149 cm³/mol. The molecule has 3 aromatic rings. The Labute approximate surface area is 223 Å². The molecule has 2 amide bonds. The summed E-state index contributed by atoms with van der Waals surface area (Å²) in [5.74, 6) is 0.996. The van der Waals surface area contributed by atoms with E-state index >= 15 is 0 Å². The molecule has 0 spiro atoms. The maximum Gasteiger partial charge on any atom is 0.293 e. The van der Waals surface area contributed by atoms with Gasteiger partial charge < -0.3 is 9.47 Å². The number of hydrogen-bond acceptors (Lipinski definition) is 5. The zero-order valence-electron chi connectivity index (χ0n) is 19.4. The minimum Gasteiger partial charge on any atom is -0.490 e. The summed E-state index contributed by atoms with van der Waals surface area (Å²) < 4.78 is 13.0. The van der Waals surface area contributed by atoms with Crippen LogP contribution in [0.3, 0.4) is 0 Å². The average molecular weight is 599 g/mol. The van der Waals surface area contributed by atoms with Crippen LogP contribution in [0.25, 0.3) is 6.08 Å². The number of nitrogens with zero attached hydrogens (tertiary/aromatic N) is 1. The number of carbonyl (C=O) groups is 2. The lowest BCUT2D eigenvalue weighted by atomic mass is 10.1. The Morgan fingerprint density at radius 2 is 1.69 bits per heavy atom. The maximum absolute atomic E-state index is 12.9. The zero-order chi connectivity index (χ0) is 24.6. The van der Waals surface area contributed by atoms with E-state index in [2.05, 4.69) is 34.7 Å². The maximum atomic E-state index is 12.9. The van der Waals surface area contributed by atoms with Crippen LogP contribution >= 0.6 is 34.4 Å². The molecule has 0 bridgehead atoms. The molecule has 35 heavy (non-hydrogen) atoms. The first-order valence-electron chi connectivity index (χ1n) is 11.5. The Kier molecular flexibility index (Phi) is 8.87. The highest BCUT2D eigenvalue weighted by molar-refractivity contribution is 14.1. The molecule has 0 aliphatic carbocycles. The van der Waals surface area contributed by atoms with Crippen molar-refractivity contribution in [2.75, 3.05) is 13.2 Å². The first kappa shape index (κ1) is 25.3. The molecule has 4 rings (SSSR count). The third-order valence-electron chi connectivity index (χ3n) is 5.44. The fraction of sp³-hybridized carbons (Fsp3) is 0.214. The van der Waals surface area contributed by atoms with Gasteiger partial charge in [0.05, 0.1) is 11.5 Å².